The number of aromatic amines is 1. The molecule has 6 heteroatoms. The third-order valence-electron chi connectivity index (χ3n) is 5.80. The van der Waals surface area contributed by atoms with Crippen LogP contribution in [0.25, 0.3) is 21.3 Å². The molecule has 0 radical (unpaired) electrons. The van der Waals surface area contributed by atoms with E-state index in [2.05, 4.69) is 56.6 Å². The van der Waals surface area contributed by atoms with Crippen LogP contribution in [0.3, 0.4) is 0 Å². The third kappa shape index (κ3) is 3.93. The smallest absolute Gasteiger partial charge is 0.258 e. The lowest BCUT2D eigenvalue weighted by molar-refractivity contribution is 0.202. The van der Waals surface area contributed by atoms with Crippen molar-refractivity contribution < 1.29 is 4.39 Å². The average Bonchev–Trinajstić information content (AvgIpc) is 3.30. The van der Waals surface area contributed by atoms with Crippen LogP contribution in [0.2, 0.25) is 0 Å². The third-order valence-corrected chi connectivity index (χ3v) is 6.72. The maximum absolute atomic E-state index is 13.4. The van der Waals surface area contributed by atoms with Crippen molar-refractivity contribution in [3.05, 3.63) is 87.5 Å². The van der Waals surface area contributed by atoms with E-state index in [4.69, 9.17) is 0 Å². The molecule has 0 amide bonds. The lowest BCUT2D eigenvalue weighted by Crippen LogP contribution is -2.33. The first-order valence-electron chi connectivity index (χ1n) is 10.2. The molecule has 4 aromatic rings. The van der Waals surface area contributed by atoms with Gasteiger partial charge in [-0.15, -0.1) is 11.3 Å². The van der Waals surface area contributed by atoms with E-state index < -0.39 is 5.82 Å². The molecule has 1 aliphatic heterocycles. The Hall–Kier alpha value is -2.83. The highest BCUT2D eigenvalue weighted by molar-refractivity contribution is 7.13. The second kappa shape index (κ2) is 8.13. The molecule has 3 heterocycles. The molecule has 1 fully saturated rings. The lowest BCUT2D eigenvalue weighted by Gasteiger charge is -2.31. The van der Waals surface area contributed by atoms with Crippen LogP contribution >= 0.6 is 11.3 Å². The van der Waals surface area contributed by atoms with Gasteiger partial charge in [0, 0.05) is 17.3 Å². The van der Waals surface area contributed by atoms with Crippen LogP contribution in [0.1, 0.15) is 30.1 Å². The molecule has 4 nitrogen and oxygen atoms in total. The van der Waals surface area contributed by atoms with Crippen LogP contribution in [-0.2, 0) is 6.54 Å². The number of H-pyrrole nitrogens is 1. The van der Waals surface area contributed by atoms with E-state index in [1.54, 1.807) is 17.4 Å². The summed E-state index contributed by atoms with van der Waals surface area (Å²) < 4.78 is 13.4. The second-order valence-corrected chi connectivity index (χ2v) is 8.79. The highest BCUT2D eigenvalue weighted by Gasteiger charge is 2.23. The van der Waals surface area contributed by atoms with Crippen LogP contribution in [-0.4, -0.2) is 28.0 Å². The molecule has 2 aromatic heterocycles. The largest absolute Gasteiger partial charge is 0.310 e. The normalized spacial score (nSPS) is 15.6. The first-order valence-corrected chi connectivity index (χ1v) is 11.1. The summed E-state index contributed by atoms with van der Waals surface area (Å²) in [7, 11) is 0. The number of halogens is 1. The maximum Gasteiger partial charge on any atom is 0.258 e. The topological polar surface area (TPSA) is 49.0 Å². The van der Waals surface area contributed by atoms with Crippen LogP contribution in [0.4, 0.5) is 4.39 Å². The van der Waals surface area contributed by atoms with Crippen molar-refractivity contribution in [1.29, 1.82) is 0 Å². The Balaban J connectivity index is 1.27. The maximum atomic E-state index is 13.4. The number of thiophene rings is 1. The minimum Gasteiger partial charge on any atom is -0.310 e. The van der Waals surface area contributed by atoms with Crippen molar-refractivity contribution in [2.45, 2.75) is 25.3 Å². The highest BCUT2D eigenvalue weighted by Crippen LogP contribution is 2.28. The molecule has 2 aromatic carbocycles. The zero-order valence-corrected chi connectivity index (χ0v) is 17.3. The van der Waals surface area contributed by atoms with Gasteiger partial charge in [0.15, 0.2) is 0 Å². The van der Waals surface area contributed by atoms with Crippen molar-refractivity contribution in [3.63, 3.8) is 0 Å². The lowest BCUT2D eigenvalue weighted by atomic mass is 9.95. The van der Waals surface area contributed by atoms with E-state index in [-0.39, 0.29) is 11.5 Å². The van der Waals surface area contributed by atoms with Crippen LogP contribution in [0.15, 0.2) is 64.8 Å². The van der Waals surface area contributed by atoms with E-state index >= 15 is 0 Å². The number of nitrogens with one attached hydrogen (secondary N) is 1. The molecule has 1 aliphatic rings. The predicted molar refractivity (Wildman–Crippen MR) is 119 cm³/mol. The van der Waals surface area contributed by atoms with Gasteiger partial charge >= 0.3 is 0 Å². The fraction of sp³-hybridized carbons (Fsp3) is 0.250. The van der Waals surface area contributed by atoms with Gasteiger partial charge in [0.05, 0.1) is 10.9 Å². The molecular weight excluding hydrogens is 397 g/mol. The fourth-order valence-electron chi connectivity index (χ4n) is 4.21. The number of likely N-dealkylation sites (tertiary alicyclic amines) is 1. The van der Waals surface area contributed by atoms with Crippen molar-refractivity contribution in [1.82, 2.24) is 14.9 Å². The first kappa shape index (κ1) is 19.2. The number of benzene rings is 2. The standard InChI is InChI=1S/C24H22FN3OS/c25-19-6-7-21-20(14-19)24(29)27-23(26-21)17-8-10-28(11-9-17)15-16-3-1-4-18(13-16)22-5-2-12-30-22/h1-7,12-14,17H,8-11,15H2,(H,26,27,29). The Morgan fingerprint density at radius 3 is 2.77 bits per heavy atom. The van der Waals surface area contributed by atoms with Gasteiger partial charge in [-0.1, -0.05) is 24.3 Å². The van der Waals surface area contributed by atoms with Gasteiger partial charge in [0.25, 0.3) is 5.56 Å². The number of aromatic nitrogens is 2. The summed E-state index contributed by atoms with van der Waals surface area (Å²) in [5.41, 5.74) is 2.88. The van der Waals surface area contributed by atoms with Crippen molar-refractivity contribution in [3.8, 4) is 10.4 Å². The molecule has 1 N–H and O–H groups in total. The Labute approximate surface area is 178 Å². The molecule has 0 spiro atoms. The summed E-state index contributed by atoms with van der Waals surface area (Å²) in [5, 5.41) is 2.41. The fourth-order valence-corrected chi connectivity index (χ4v) is 4.93. The van der Waals surface area contributed by atoms with Crippen LogP contribution < -0.4 is 5.56 Å². The first-order chi connectivity index (χ1) is 14.7. The Morgan fingerprint density at radius 2 is 1.97 bits per heavy atom. The second-order valence-electron chi connectivity index (χ2n) is 7.84. The monoisotopic (exact) mass is 419 g/mol. The Bertz CT molecular complexity index is 1230. The van der Waals surface area contributed by atoms with Gasteiger partial charge in [0.2, 0.25) is 0 Å². The SMILES string of the molecule is O=c1[nH]c(C2CCN(Cc3cccc(-c4cccs4)c3)CC2)nc2ccc(F)cc12. The zero-order valence-electron chi connectivity index (χ0n) is 16.5. The Morgan fingerprint density at radius 1 is 1.10 bits per heavy atom. The molecule has 0 saturated carbocycles. The van der Waals surface area contributed by atoms with E-state index in [0.29, 0.717) is 10.9 Å². The molecule has 1 saturated heterocycles. The number of rotatable bonds is 4. The number of hydrogen-bond acceptors (Lipinski definition) is 4. The van der Waals surface area contributed by atoms with E-state index in [1.165, 1.54) is 28.1 Å². The molecule has 30 heavy (non-hydrogen) atoms. The molecular formula is C24H22FN3OS. The molecule has 0 unspecified atom stereocenters. The van der Waals surface area contributed by atoms with Gasteiger partial charge in [-0.2, -0.15) is 0 Å². The molecule has 152 valence electrons. The number of fused-ring (bicyclic) bond motifs is 1. The molecule has 0 bridgehead atoms. The highest BCUT2D eigenvalue weighted by atomic mass is 32.1. The van der Waals surface area contributed by atoms with Crippen molar-refractivity contribution in [2.75, 3.05) is 13.1 Å². The van der Waals surface area contributed by atoms with E-state index in [9.17, 15) is 9.18 Å². The summed E-state index contributed by atoms with van der Waals surface area (Å²) in [6.45, 7) is 2.84. The van der Waals surface area contributed by atoms with Crippen LogP contribution in [0, 0.1) is 5.82 Å². The minimum atomic E-state index is -0.418. The van der Waals surface area contributed by atoms with E-state index in [1.807, 2.05) is 0 Å². The molecule has 5 rings (SSSR count). The summed E-state index contributed by atoms with van der Waals surface area (Å²) in [4.78, 5) is 23.6. The van der Waals surface area contributed by atoms with Gasteiger partial charge in [-0.05, 0) is 72.8 Å². The predicted octanol–water partition coefficient (Wildman–Crippen LogP) is 5.17. The summed E-state index contributed by atoms with van der Waals surface area (Å²) in [5.74, 6) is 0.526. The summed E-state index contributed by atoms with van der Waals surface area (Å²) in [6.07, 6.45) is 1.89. The molecule has 0 atom stereocenters. The summed E-state index contributed by atoms with van der Waals surface area (Å²) in [6, 6.07) is 17.2. The number of hydrogen-bond donors (Lipinski definition) is 1. The van der Waals surface area contributed by atoms with Crippen LogP contribution in [0.5, 0.6) is 0 Å². The molecule has 0 aliphatic carbocycles. The van der Waals surface area contributed by atoms with Crippen molar-refractivity contribution >= 4 is 22.2 Å². The van der Waals surface area contributed by atoms with Crippen molar-refractivity contribution in [2.24, 2.45) is 0 Å². The number of piperidine rings is 1. The zero-order chi connectivity index (χ0) is 20.5. The Kier molecular flexibility index (Phi) is 5.19. The van der Waals surface area contributed by atoms with Gasteiger partial charge in [-0.3, -0.25) is 9.69 Å². The van der Waals surface area contributed by atoms with Gasteiger partial charge in [0.1, 0.15) is 11.6 Å². The summed E-state index contributed by atoms with van der Waals surface area (Å²) >= 11 is 1.76. The van der Waals surface area contributed by atoms with E-state index in [0.717, 1.165) is 38.3 Å². The quantitative estimate of drug-likeness (QED) is 0.496. The van der Waals surface area contributed by atoms with Gasteiger partial charge < -0.3 is 4.98 Å². The van der Waals surface area contributed by atoms with Gasteiger partial charge in [-0.25, -0.2) is 9.37 Å². The minimum absolute atomic E-state index is 0.223. The average molecular weight is 420 g/mol. The number of nitrogens with zero attached hydrogens (tertiary/aromatic N) is 2.